The molecule has 0 aromatic heterocycles. The third kappa shape index (κ3) is 8.73. The molecule has 9 heteroatoms. The summed E-state index contributed by atoms with van der Waals surface area (Å²) < 4.78 is 27.3. The molecule has 2 N–H and O–H groups in total. The molecule has 0 aliphatic carbocycles. The van der Waals surface area contributed by atoms with E-state index in [1.54, 1.807) is 21.3 Å². The predicted octanol–water partition coefficient (Wildman–Crippen LogP) is 2.83. The van der Waals surface area contributed by atoms with Gasteiger partial charge in [0.15, 0.2) is 17.5 Å². The van der Waals surface area contributed by atoms with Gasteiger partial charge in [-0.25, -0.2) is 4.99 Å². The first-order valence-electron chi connectivity index (χ1n) is 10.2. The summed E-state index contributed by atoms with van der Waals surface area (Å²) in [5, 5.41) is 6.61. The molecule has 1 unspecified atom stereocenters. The summed E-state index contributed by atoms with van der Waals surface area (Å²) in [6.45, 7) is 7.33. The van der Waals surface area contributed by atoms with Gasteiger partial charge in [0.1, 0.15) is 0 Å². The first kappa shape index (κ1) is 26.6. The van der Waals surface area contributed by atoms with Crippen molar-refractivity contribution in [2.24, 2.45) is 10.9 Å². The highest BCUT2D eigenvalue weighted by Gasteiger charge is 2.15. The summed E-state index contributed by atoms with van der Waals surface area (Å²) in [7, 11) is 4.81. The number of rotatable bonds is 12. The zero-order chi connectivity index (χ0) is 20.9. The van der Waals surface area contributed by atoms with Crippen LogP contribution in [0.5, 0.6) is 17.2 Å². The number of methoxy groups -OCH3 is 3. The Balaban J connectivity index is 0.00000450. The molecular formula is C21H36IN3O5. The largest absolute Gasteiger partial charge is 0.493 e. The number of hydrogen-bond donors (Lipinski definition) is 2. The SMILES string of the molecule is CCNC(=NCc1cc(OC)c(OC)c(OC)c1)NCCCOCC1CCOC1.I. The highest BCUT2D eigenvalue weighted by atomic mass is 127. The van der Waals surface area contributed by atoms with E-state index in [1.165, 1.54) is 0 Å². The summed E-state index contributed by atoms with van der Waals surface area (Å²) in [5.41, 5.74) is 0.971. The molecule has 1 fully saturated rings. The molecule has 0 radical (unpaired) electrons. The quantitative estimate of drug-likeness (QED) is 0.184. The van der Waals surface area contributed by atoms with Crippen molar-refractivity contribution in [2.45, 2.75) is 26.3 Å². The van der Waals surface area contributed by atoms with Crippen LogP contribution in [0, 0.1) is 5.92 Å². The average molecular weight is 537 g/mol. The van der Waals surface area contributed by atoms with Gasteiger partial charge in [-0.15, -0.1) is 24.0 Å². The second kappa shape index (κ2) is 15.4. The number of ether oxygens (including phenoxy) is 5. The Morgan fingerprint density at radius 1 is 1.13 bits per heavy atom. The molecule has 1 heterocycles. The fourth-order valence-corrected chi connectivity index (χ4v) is 3.08. The summed E-state index contributed by atoms with van der Waals surface area (Å²) in [4.78, 5) is 4.66. The topological polar surface area (TPSA) is 82.6 Å². The van der Waals surface area contributed by atoms with Crippen molar-refractivity contribution in [1.82, 2.24) is 10.6 Å². The maximum Gasteiger partial charge on any atom is 0.203 e. The van der Waals surface area contributed by atoms with Crippen LogP contribution in [0.1, 0.15) is 25.3 Å². The number of benzene rings is 1. The van der Waals surface area contributed by atoms with Crippen molar-refractivity contribution in [2.75, 3.05) is 60.8 Å². The third-order valence-corrected chi connectivity index (χ3v) is 4.62. The zero-order valence-corrected chi connectivity index (χ0v) is 20.8. The number of nitrogens with one attached hydrogen (secondary N) is 2. The van der Waals surface area contributed by atoms with Crippen LogP contribution in [0.3, 0.4) is 0 Å². The summed E-state index contributed by atoms with van der Waals surface area (Å²) in [5.74, 6) is 3.15. The van der Waals surface area contributed by atoms with Gasteiger partial charge >= 0.3 is 0 Å². The van der Waals surface area contributed by atoms with Gasteiger partial charge in [0.25, 0.3) is 0 Å². The van der Waals surface area contributed by atoms with E-state index in [-0.39, 0.29) is 24.0 Å². The van der Waals surface area contributed by atoms with Gasteiger partial charge in [0.05, 0.1) is 41.1 Å². The Labute approximate surface area is 197 Å². The molecule has 8 nitrogen and oxygen atoms in total. The van der Waals surface area contributed by atoms with Crippen molar-refractivity contribution in [3.8, 4) is 17.2 Å². The van der Waals surface area contributed by atoms with E-state index in [1.807, 2.05) is 19.1 Å². The fraction of sp³-hybridized carbons (Fsp3) is 0.667. The van der Waals surface area contributed by atoms with Gasteiger partial charge in [-0.3, -0.25) is 0 Å². The Kier molecular flexibility index (Phi) is 13.6. The van der Waals surface area contributed by atoms with E-state index in [2.05, 4.69) is 15.6 Å². The van der Waals surface area contributed by atoms with E-state index in [4.69, 9.17) is 23.7 Å². The number of aliphatic imine (C=N–C) groups is 1. The van der Waals surface area contributed by atoms with Crippen LogP contribution in [-0.2, 0) is 16.0 Å². The number of guanidine groups is 1. The maximum absolute atomic E-state index is 5.74. The van der Waals surface area contributed by atoms with E-state index in [0.29, 0.717) is 29.7 Å². The molecule has 0 amide bonds. The van der Waals surface area contributed by atoms with Gasteiger partial charge in [-0.1, -0.05) is 0 Å². The third-order valence-electron chi connectivity index (χ3n) is 4.62. The molecule has 0 spiro atoms. The van der Waals surface area contributed by atoms with Gasteiger partial charge in [-0.2, -0.15) is 0 Å². The molecule has 1 atom stereocenters. The second-order valence-electron chi connectivity index (χ2n) is 6.81. The normalized spacial score (nSPS) is 16.0. The first-order chi connectivity index (χ1) is 14.2. The zero-order valence-electron chi connectivity index (χ0n) is 18.5. The lowest BCUT2D eigenvalue weighted by atomic mass is 10.1. The maximum atomic E-state index is 5.74. The number of nitrogens with zero attached hydrogens (tertiary/aromatic N) is 1. The van der Waals surface area contributed by atoms with E-state index >= 15 is 0 Å². The van der Waals surface area contributed by atoms with Crippen molar-refractivity contribution in [3.63, 3.8) is 0 Å². The van der Waals surface area contributed by atoms with Crippen molar-refractivity contribution < 1.29 is 23.7 Å². The van der Waals surface area contributed by atoms with E-state index in [9.17, 15) is 0 Å². The summed E-state index contributed by atoms with van der Waals surface area (Å²) in [6, 6.07) is 3.82. The van der Waals surface area contributed by atoms with Crippen LogP contribution in [-0.4, -0.2) is 66.8 Å². The van der Waals surface area contributed by atoms with Gasteiger partial charge < -0.3 is 34.3 Å². The highest BCUT2D eigenvalue weighted by molar-refractivity contribution is 14.0. The van der Waals surface area contributed by atoms with Crippen LogP contribution < -0.4 is 24.8 Å². The van der Waals surface area contributed by atoms with Crippen LogP contribution in [0.25, 0.3) is 0 Å². The summed E-state index contributed by atoms with van der Waals surface area (Å²) in [6.07, 6.45) is 2.03. The number of hydrogen-bond acceptors (Lipinski definition) is 6. The average Bonchev–Trinajstić information content (AvgIpc) is 3.26. The molecular weight excluding hydrogens is 501 g/mol. The molecule has 30 heavy (non-hydrogen) atoms. The lowest BCUT2D eigenvalue weighted by molar-refractivity contribution is 0.0888. The minimum Gasteiger partial charge on any atom is -0.493 e. The molecule has 172 valence electrons. The highest BCUT2D eigenvalue weighted by Crippen LogP contribution is 2.38. The van der Waals surface area contributed by atoms with Crippen molar-refractivity contribution in [1.29, 1.82) is 0 Å². The minimum absolute atomic E-state index is 0. The van der Waals surface area contributed by atoms with Crippen LogP contribution in [0.4, 0.5) is 0 Å². The number of halogens is 1. The fourth-order valence-electron chi connectivity index (χ4n) is 3.08. The predicted molar refractivity (Wildman–Crippen MR) is 129 cm³/mol. The second-order valence-corrected chi connectivity index (χ2v) is 6.81. The lowest BCUT2D eigenvalue weighted by Gasteiger charge is -2.14. The Bertz CT molecular complexity index is 614. The van der Waals surface area contributed by atoms with Crippen molar-refractivity contribution >= 4 is 29.9 Å². The van der Waals surface area contributed by atoms with Crippen molar-refractivity contribution in [3.05, 3.63) is 17.7 Å². The van der Waals surface area contributed by atoms with Gasteiger partial charge in [0, 0.05) is 32.2 Å². The molecule has 1 aromatic rings. The standard InChI is InChI=1S/C21H35N3O5.HI/c1-5-22-21(23-8-6-9-28-14-16-7-10-29-15-16)24-13-17-11-18(25-2)20(27-4)19(12-17)26-3;/h11-12,16H,5-10,13-15H2,1-4H3,(H2,22,23,24);1H. The molecule has 1 saturated heterocycles. The van der Waals surface area contributed by atoms with Crippen LogP contribution >= 0.6 is 24.0 Å². The molecule has 1 aromatic carbocycles. The monoisotopic (exact) mass is 537 g/mol. The lowest BCUT2D eigenvalue weighted by Crippen LogP contribution is -2.38. The molecule has 1 aliphatic heterocycles. The Hall–Kier alpha value is -1.46. The van der Waals surface area contributed by atoms with Crippen LogP contribution in [0.15, 0.2) is 17.1 Å². The summed E-state index contributed by atoms with van der Waals surface area (Å²) >= 11 is 0. The Morgan fingerprint density at radius 3 is 2.43 bits per heavy atom. The molecule has 0 bridgehead atoms. The van der Waals surface area contributed by atoms with E-state index < -0.39 is 0 Å². The minimum atomic E-state index is 0. The van der Waals surface area contributed by atoms with Gasteiger partial charge in [0.2, 0.25) is 5.75 Å². The Morgan fingerprint density at radius 2 is 1.87 bits per heavy atom. The first-order valence-corrected chi connectivity index (χ1v) is 10.2. The van der Waals surface area contributed by atoms with Crippen LogP contribution in [0.2, 0.25) is 0 Å². The molecule has 1 aliphatic rings. The van der Waals surface area contributed by atoms with E-state index in [0.717, 1.165) is 63.9 Å². The van der Waals surface area contributed by atoms with Gasteiger partial charge in [-0.05, 0) is 37.5 Å². The smallest absolute Gasteiger partial charge is 0.203 e. The molecule has 0 saturated carbocycles. The molecule has 2 rings (SSSR count).